The summed E-state index contributed by atoms with van der Waals surface area (Å²) in [5.41, 5.74) is 0. The van der Waals surface area contributed by atoms with Crippen LogP contribution >= 0.6 is 0 Å². The van der Waals surface area contributed by atoms with E-state index in [4.69, 9.17) is 14.2 Å². The standard InChI is InChI=1S/C49H82O6/c1-4-7-10-13-15-17-19-21-22-23-24-25-26-28-29-31-33-36-39-42-48(51)54-45-46(44-53-47(50)41-38-35-12-9-6-3)55-49(52)43-40-37-34-32-30-27-20-18-16-14-11-8-5-2/h8,11,15-18,21-22,27,30,34,37,46H,4-7,9-10,12-14,19-20,23-26,28-29,31-33,35-36,38-45H2,1-3H3/b11-8-,17-15-,18-16-,22-21-,30-27-,37-34-. The molecule has 0 fully saturated rings. The Bertz CT molecular complexity index is 1070. The summed E-state index contributed by atoms with van der Waals surface area (Å²) in [5.74, 6) is -1.01. The molecule has 0 aromatic heterocycles. The van der Waals surface area contributed by atoms with E-state index in [1.54, 1.807) is 0 Å². The van der Waals surface area contributed by atoms with E-state index in [0.29, 0.717) is 19.3 Å². The minimum atomic E-state index is -0.809. The molecule has 0 aliphatic rings. The zero-order valence-electron chi connectivity index (χ0n) is 35.7. The highest BCUT2D eigenvalue weighted by Gasteiger charge is 2.19. The Hall–Kier alpha value is -3.15. The fourth-order valence-electron chi connectivity index (χ4n) is 5.84. The third kappa shape index (κ3) is 41.8. The molecule has 314 valence electrons. The molecule has 0 spiro atoms. The lowest BCUT2D eigenvalue weighted by Crippen LogP contribution is -2.30. The second kappa shape index (κ2) is 43.6. The Morgan fingerprint density at radius 1 is 0.382 bits per heavy atom. The van der Waals surface area contributed by atoms with E-state index in [-0.39, 0.29) is 31.6 Å². The van der Waals surface area contributed by atoms with E-state index in [9.17, 15) is 14.4 Å². The van der Waals surface area contributed by atoms with Crippen molar-refractivity contribution in [2.24, 2.45) is 0 Å². The topological polar surface area (TPSA) is 78.9 Å². The van der Waals surface area contributed by atoms with Gasteiger partial charge in [0.15, 0.2) is 6.10 Å². The number of esters is 3. The van der Waals surface area contributed by atoms with Gasteiger partial charge in [0.1, 0.15) is 13.2 Å². The van der Waals surface area contributed by atoms with Gasteiger partial charge >= 0.3 is 17.9 Å². The Kier molecular flexibility index (Phi) is 41.1. The van der Waals surface area contributed by atoms with E-state index < -0.39 is 12.1 Å². The average Bonchev–Trinajstić information content (AvgIpc) is 3.18. The van der Waals surface area contributed by atoms with Crippen LogP contribution in [0.4, 0.5) is 0 Å². The Morgan fingerprint density at radius 2 is 0.745 bits per heavy atom. The van der Waals surface area contributed by atoms with Crippen molar-refractivity contribution in [3.8, 4) is 0 Å². The van der Waals surface area contributed by atoms with Crippen LogP contribution in [0.5, 0.6) is 0 Å². The number of rotatable bonds is 39. The highest BCUT2D eigenvalue weighted by Crippen LogP contribution is 2.13. The van der Waals surface area contributed by atoms with E-state index >= 15 is 0 Å². The van der Waals surface area contributed by atoms with Gasteiger partial charge < -0.3 is 14.2 Å². The molecule has 55 heavy (non-hydrogen) atoms. The number of hydrogen-bond acceptors (Lipinski definition) is 6. The monoisotopic (exact) mass is 767 g/mol. The summed E-state index contributed by atoms with van der Waals surface area (Å²) in [5, 5.41) is 0. The van der Waals surface area contributed by atoms with E-state index in [2.05, 4.69) is 81.5 Å². The van der Waals surface area contributed by atoms with Crippen LogP contribution in [0.2, 0.25) is 0 Å². The maximum atomic E-state index is 12.6. The van der Waals surface area contributed by atoms with Crippen LogP contribution in [0, 0.1) is 0 Å². The number of carbonyl (C=O) groups is 3. The first-order valence-electron chi connectivity index (χ1n) is 22.4. The van der Waals surface area contributed by atoms with Crippen molar-refractivity contribution in [2.75, 3.05) is 13.2 Å². The first kappa shape index (κ1) is 51.9. The van der Waals surface area contributed by atoms with Crippen molar-refractivity contribution in [3.63, 3.8) is 0 Å². The molecule has 0 amide bonds. The Balaban J connectivity index is 4.28. The van der Waals surface area contributed by atoms with Gasteiger partial charge in [-0.15, -0.1) is 0 Å². The first-order valence-corrected chi connectivity index (χ1v) is 22.4. The maximum Gasteiger partial charge on any atom is 0.306 e. The lowest BCUT2D eigenvalue weighted by Gasteiger charge is -2.18. The molecule has 0 N–H and O–H groups in total. The van der Waals surface area contributed by atoms with Crippen molar-refractivity contribution in [1.29, 1.82) is 0 Å². The number of carbonyl (C=O) groups excluding carboxylic acids is 3. The molecule has 0 saturated carbocycles. The molecule has 0 aliphatic carbocycles. The second-order valence-corrected chi connectivity index (χ2v) is 14.6. The van der Waals surface area contributed by atoms with Crippen LogP contribution in [-0.4, -0.2) is 37.2 Å². The van der Waals surface area contributed by atoms with Crippen LogP contribution in [0.1, 0.15) is 201 Å². The van der Waals surface area contributed by atoms with Crippen LogP contribution in [-0.2, 0) is 28.6 Å². The molecule has 0 heterocycles. The number of hydrogen-bond donors (Lipinski definition) is 0. The minimum absolute atomic E-state index is 0.107. The van der Waals surface area contributed by atoms with Gasteiger partial charge in [-0.1, -0.05) is 177 Å². The summed E-state index contributed by atoms with van der Waals surface area (Å²) in [7, 11) is 0. The average molecular weight is 767 g/mol. The molecule has 0 aromatic rings. The third-order valence-electron chi connectivity index (χ3n) is 9.21. The molecule has 0 radical (unpaired) electrons. The van der Waals surface area contributed by atoms with Crippen molar-refractivity contribution in [2.45, 2.75) is 207 Å². The van der Waals surface area contributed by atoms with Crippen molar-refractivity contribution in [3.05, 3.63) is 72.9 Å². The van der Waals surface area contributed by atoms with Crippen molar-refractivity contribution >= 4 is 17.9 Å². The van der Waals surface area contributed by atoms with Gasteiger partial charge in [-0.3, -0.25) is 14.4 Å². The fraction of sp³-hybridized carbons (Fsp3) is 0.694. The molecule has 6 heteroatoms. The first-order chi connectivity index (χ1) is 27.0. The number of allylic oxidation sites excluding steroid dienone is 12. The molecule has 0 saturated heterocycles. The van der Waals surface area contributed by atoms with E-state index in [0.717, 1.165) is 83.5 Å². The molecular weight excluding hydrogens is 685 g/mol. The largest absolute Gasteiger partial charge is 0.462 e. The minimum Gasteiger partial charge on any atom is -0.462 e. The number of unbranched alkanes of at least 4 members (excludes halogenated alkanes) is 16. The molecule has 0 bridgehead atoms. The normalized spacial score (nSPS) is 12.7. The predicted molar refractivity (Wildman–Crippen MR) is 233 cm³/mol. The summed E-state index contributed by atoms with van der Waals surface area (Å²) >= 11 is 0. The number of ether oxygens (including phenoxy) is 3. The quantitative estimate of drug-likeness (QED) is 0.0268. The molecule has 0 aromatic carbocycles. The lowest BCUT2D eigenvalue weighted by molar-refractivity contribution is -0.166. The van der Waals surface area contributed by atoms with E-state index in [1.165, 1.54) is 70.6 Å². The summed E-state index contributed by atoms with van der Waals surface area (Å²) in [6.07, 6.45) is 53.6. The SMILES string of the molecule is CC/C=C\C/C=C\C/C=C\C/C=C\CCC(=O)OC(COC(=O)CCCCCCC)COC(=O)CCCCCCCCCCC/C=C\C/C=C\CCCCC. The van der Waals surface area contributed by atoms with Gasteiger partial charge in [0, 0.05) is 19.3 Å². The highest BCUT2D eigenvalue weighted by atomic mass is 16.6. The summed E-state index contributed by atoms with van der Waals surface area (Å²) in [6.45, 7) is 6.32. The summed E-state index contributed by atoms with van der Waals surface area (Å²) in [6, 6.07) is 0. The smallest absolute Gasteiger partial charge is 0.306 e. The molecule has 0 aliphatic heterocycles. The lowest BCUT2D eigenvalue weighted by atomic mass is 10.1. The second-order valence-electron chi connectivity index (χ2n) is 14.6. The third-order valence-corrected chi connectivity index (χ3v) is 9.21. The van der Waals surface area contributed by atoms with Crippen LogP contribution in [0.3, 0.4) is 0 Å². The Morgan fingerprint density at radius 3 is 1.22 bits per heavy atom. The van der Waals surface area contributed by atoms with Gasteiger partial charge in [-0.2, -0.15) is 0 Å². The predicted octanol–water partition coefficient (Wildman–Crippen LogP) is 14.3. The van der Waals surface area contributed by atoms with Crippen LogP contribution < -0.4 is 0 Å². The summed E-state index contributed by atoms with van der Waals surface area (Å²) in [4.78, 5) is 37.4. The molecule has 6 nitrogen and oxygen atoms in total. The molecule has 1 atom stereocenters. The van der Waals surface area contributed by atoms with Gasteiger partial charge in [-0.05, 0) is 77.0 Å². The van der Waals surface area contributed by atoms with Gasteiger partial charge in [0.05, 0.1) is 0 Å². The molecule has 1 unspecified atom stereocenters. The molecular formula is C49H82O6. The van der Waals surface area contributed by atoms with Crippen LogP contribution in [0.15, 0.2) is 72.9 Å². The summed E-state index contributed by atoms with van der Waals surface area (Å²) < 4.78 is 16.5. The fourth-order valence-corrected chi connectivity index (χ4v) is 5.84. The van der Waals surface area contributed by atoms with E-state index in [1.807, 2.05) is 12.2 Å². The van der Waals surface area contributed by atoms with Gasteiger partial charge in [0.2, 0.25) is 0 Å². The molecule has 0 rings (SSSR count). The van der Waals surface area contributed by atoms with Crippen molar-refractivity contribution in [1.82, 2.24) is 0 Å². The zero-order valence-corrected chi connectivity index (χ0v) is 35.7. The van der Waals surface area contributed by atoms with Crippen molar-refractivity contribution < 1.29 is 28.6 Å². The Labute approximate surface area is 338 Å². The highest BCUT2D eigenvalue weighted by molar-refractivity contribution is 5.71. The zero-order chi connectivity index (χ0) is 40.1. The van der Waals surface area contributed by atoms with Crippen LogP contribution in [0.25, 0.3) is 0 Å². The van der Waals surface area contributed by atoms with Gasteiger partial charge in [0.25, 0.3) is 0 Å². The maximum absolute atomic E-state index is 12.6. The van der Waals surface area contributed by atoms with Gasteiger partial charge in [-0.25, -0.2) is 0 Å².